The van der Waals surface area contributed by atoms with Crippen LogP contribution in [0.15, 0.2) is 22.9 Å². The first-order chi connectivity index (χ1) is 13.5. The lowest BCUT2D eigenvalue weighted by Gasteiger charge is -2.30. The van der Waals surface area contributed by atoms with Crippen LogP contribution in [0.4, 0.5) is 0 Å². The van der Waals surface area contributed by atoms with E-state index in [2.05, 4.69) is 28.4 Å². The molecule has 1 fully saturated rings. The van der Waals surface area contributed by atoms with E-state index in [1.54, 1.807) is 0 Å². The monoisotopic (exact) mass is 389 g/mol. The summed E-state index contributed by atoms with van der Waals surface area (Å²) in [5.74, 6) is -0.352. The van der Waals surface area contributed by atoms with Crippen molar-refractivity contribution in [1.82, 2.24) is 21.4 Å². The Morgan fingerprint density at radius 3 is 2.71 bits per heavy atom. The molecule has 1 heterocycles. The van der Waals surface area contributed by atoms with E-state index in [0.717, 1.165) is 19.3 Å². The minimum Gasteiger partial charge on any atom is -0.385 e. The number of hydroxylamine groups is 1. The normalized spacial score (nSPS) is 24.1. The number of carbonyl (C=O) groups is 2. The Kier molecular flexibility index (Phi) is 9.53. The Labute approximate surface area is 168 Å². The Hall–Kier alpha value is -1.84. The van der Waals surface area contributed by atoms with E-state index in [1.165, 1.54) is 19.3 Å². The molecule has 0 aromatic rings. The highest BCUT2D eigenvalue weighted by atomic mass is 16.6. The number of hydrogen-bond donors (Lipinski definition) is 5. The molecule has 2 aliphatic rings. The summed E-state index contributed by atoms with van der Waals surface area (Å²) in [7, 11) is 6.03. The molecule has 0 saturated heterocycles. The standard InChI is InChI=1S/C19H32BN5O3/c1-13-6-4-2-3-5-7-15(13)25-16(10-21)18(20)19(27)22-11-17(26)24-14-8-9-23-28-12-14/h8,13,15,23,25H,2-7,9-12,21H2,1H3,(H,22,27)(H,24,26)/b18-16-/t13-,15?/m0/s1. The summed E-state index contributed by atoms with van der Waals surface area (Å²) >= 11 is 0. The molecule has 9 heteroatoms. The van der Waals surface area contributed by atoms with Crippen molar-refractivity contribution < 1.29 is 14.4 Å². The SMILES string of the molecule is [B]/C(C(=O)NCC(=O)NC1=CCNOC1)=C(/CN)NC1CCCCCC[C@@H]1C. The van der Waals surface area contributed by atoms with Gasteiger partial charge in [-0.05, 0) is 30.3 Å². The van der Waals surface area contributed by atoms with Crippen LogP contribution in [-0.2, 0) is 14.4 Å². The van der Waals surface area contributed by atoms with E-state index in [9.17, 15) is 9.59 Å². The van der Waals surface area contributed by atoms with Crippen LogP contribution in [-0.4, -0.2) is 51.9 Å². The minimum absolute atomic E-state index is 0.0361. The summed E-state index contributed by atoms with van der Waals surface area (Å²) in [6.45, 7) is 2.97. The molecule has 6 N–H and O–H groups in total. The molecule has 154 valence electrons. The topological polar surface area (TPSA) is 118 Å². The zero-order valence-corrected chi connectivity index (χ0v) is 16.7. The molecule has 0 bridgehead atoms. The van der Waals surface area contributed by atoms with Crippen molar-refractivity contribution in [3.05, 3.63) is 22.9 Å². The van der Waals surface area contributed by atoms with Crippen molar-refractivity contribution in [3.63, 3.8) is 0 Å². The van der Waals surface area contributed by atoms with Gasteiger partial charge in [-0.15, -0.1) is 0 Å². The summed E-state index contributed by atoms with van der Waals surface area (Å²) in [4.78, 5) is 29.4. The summed E-state index contributed by atoms with van der Waals surface area (Å²) in [5.41, 5.74) is 9.74. The molecule has 0 aromatic heterocycles. The predicted molar refractivity (Wildman–Crippen MR) is 109 cm³/mol. The first-order valence-corrected chi connectivity index (χ1v) is 10.1. The third-order valence-electron chi connectivity index (χ3n) is 5.22. The van der Waals surface area contributed by atoms with Gasteiger partial charge < -0.3 is 21.7 Å². The lowest BCUT2D eigenvalue weighted by molar-refractivity contribution is -0.123. The molecule has 2 amide bonds. The van der Waals surface area contributed by atoms with Gasteiger partial charge in [0.1, 0.15) is 14.5 Å². The number of hydrogen-bond acceptors (Lipinski definition) is 6. The largest absolute Gasteiger partial charge is 0.385 e. The summed E-state index contributed by atoms with van der Waals surface area (Å²) in [6, 6.07) is 0.250. The maximum Gasteiger partial charge on any atom is 0.243 e. The van der Waals surface area contributed by atoms with E-state index >= 15 is 0 Å². The maximum atomic E-state index is 12.4. The van der Waals surface area contributed by atoms with E-state index in [-0.39, 0.29) is 37.1 Å². The second kappa shape index (κ2) is 11.9. The highest BCUT2D eigenvalue weighted by Gasteiger charge is 2.21. The van der Waals surface area contributed by atoms with Crippen LogP contribution in [0.1, 0.15) is 45.4 Å². The highest BCUT2D eigenvalue weighted by molar-refractivity contribution is 6.36. The molecular formula is C19H32BN5O3. The summed E-state index contributed by atoms with van der Waals surface area (Å²) in [6.07, 6.45) is 8.89. The molecule has 28 heavy (non-hydrogen) atoms. The quantitative estimate of drug-likeness (QED) is 0.307. The first-order valence-electron chi connectivity index (χ1n) is 10.1. The molecule has 1 aliphatic heterocycles. The van der Waals surface area contributed by atoms with Gasteiger partial charge in [0.05, 0.1) is 6.54 Å². The fourth-order valence-electron chi connectivity index (χ4n) is 3.47. The van der Waals surface area contributed by atoms with Crippen LogP contribution in [0.3, 0.4) is 0 Å². The second-order valence-electron chi connectivity index (χ2n) is 7.41. The predicted octanol–water partition coefficient (Wildman–Crippen LogP) is -0.0752. The van der Waals surface area contributed by atoms with E-state index in [1.807, 2.05) is 6.08 Å². The number of amides is 2. The average Bonchev–Trinajstić information content (AvgIpc) is 2.69. The van der Waals surface area contributed by atoms with Crippen molar-refractivity contribution in [1.29, 1.82) is 0 Å². The minimum atomic E-state index is -0.503. The van der Waals surface area contributed by atoms with Gasteiger partial charge in [0.15, 0.2) is 0 Å². The molecule has 1 aliphatic carbocycles. The zero-order valence-electron chi connectivity index (χ0n) is 16.7. The number of rotatable bonds is 7. The van der Waals surface area contributed by atoms with Crippen molar-refractivity contribution >= 4 is 19.7 Å². The van der Waals surface area contributed by atoms with Gasteiger partial charge in [0.2, 0.25) is 11.8 Å². The molecule has 8 nitrogen and oxygen atoms in total. The van der Waals surface area contributed by atoms with Crippen LogP contribution in [0, 0.1) is 5.92 Å². The van der Waals surface area contributed by atoms with Gasteiger partial charge >= 0.3 is 0 Å². The van der Waals surface area contributed by atoms with Crippen LogP contribution < -0.4 is 27.2 Å². The van der Waals surface area contributed by atoms with Crippen LogP contribution in [0.2, 0.25) is 0 Å². The molecular weight excluding hydrogens is 357 g/mol. The van der Waals surface area contributed by atoms with Crippen molar-refractivity contribution in [2.75, 3.05) is 26.2 Å². The average molecular weight is 389 g/mol. The van der Waals surface area contributed by atoms with Gasteiger partial charge in [-0.1, -0.05) is 32.6 Å². The van der Waals surface area contributed by atoms with Crippen LogP contribution in [0.5, 0.6) is 0 Å². The van der Waals surface area contributed by atoms with Gasteiger partial charge in [0, 0.05) is 30.5 Å². The van der Waals surface area contributed by atoms with Gasteiger partial charge in [-0.2, -0.15) is 5.48 Å². The zero-order chi connectivity index (χ0) is 20.4. The Bertz CT molecular complexity index is 608. The third-order valence-corrected chi connectivity index (χ3v) is 5.22. The first kappa shape index (κ1) is 22.5. The van der Waals surface area contributed by atoms with Crippen molar-refractivity contribution in [2.45, 2.75) is 51.5 Å². The van der Waals surface area contributed by atoms with E-state index < -0.39 is 5.91 Å². The fourth-order valence-corrected chi connectivity index (χ4v) is 3.47. The Morgan fingerprint density at radius 2 is 2.04 bits per heavy atom. The molecule has 0 aromatic carbocycles. The highest BCUT2D eigenvalue weighted by Crippen LogP contribution is 2.23. The Morgan fingerprint density at radius 1 is 1.29 bits per heavy atom. The molecule has 2 atom stereocenters. The summed E-state index contributed by atoms with van der Waals surface area (Å²) < 4.78 is 0. The van der Waals surface area contributed by atoms with Crippen LogP contribution in [0.25, 0.3) is 0 Å². The van der Waals surface area contributed by atoms with E-state index in [4.69, 9.17) is 18.4 Å². The molecule has 2 rings (SSSR count). The number of nitrogens with two attached hydrogens (primary N) is 1. The van der Waals surface area contributed by atoms with Crippen LogP contribution >= 0.6 is 0 Å². The van der Waals surface area contributed by atoms with Gasteiger partial charge in [-0.3, -0.25) is 14.4 Å². The summed E-state index contributed by atoms with van der Waals surface area (Å²) in [5, 5.41) is 8.62. The number of carbonyl (C=O) groups excluding carboxylic acids is 2. The molecule has 1 saturated carbocycles. The van der Waals surface area contributed by atoms with Gasteiger partial charge in [-0.25, -0.2) is 0 Å². The maximum absolute atomic E-state index is 12.4. The third kappa shape index (κ3) is 7.29. The Balaban J connectivity index is 1.88. The van der Waals surface area contributed by atoms with Gasteiger partial charge in [0.25, 0.3) is 0 Å². The fraction of sp³-hybridized carbons (Fsp3) is 0.684. The lowest BCUT2D eigenvalue weighted by atomic mass is 9.86. The van der Waals surface area contributed by atoms with Crippen molar-refractivity contribution in [3.8, 4) is 0 Å². The van der Waals surface area contributed by atoms with E-state index in [0.29, 0.717) is 23.9 Å². The molecule has 1 unspecified atom stereocenters. The smallest absolute Gasteiger partial charge is 0.243 e. The molecule has 0 spiro atoms. The second-order valence-corrected chi connectivity index (χ2v) is 7.41. The number of nitrogens with one attached hydrogen (secondary N) is 4. The van der Waals surface area contributed by atoms with Crippen molar-refractivity contribution in [2.24, 2.45) is 11.7 Å². The molecule has 2 radical (unpaired) electrons. The lowest BCUT2D eigenvalue weighted by Crippen LogP contribution is -2.42.